The maximum atomic E-state index is 12.5. The molecule has 0 aromatic heterocycles. The molecule has 0 bridgehead atoms. The summed E-state index contributed by atoms with van der Waals surface area (Å²) in [4.78, 5) is 11.1. The van der Waals surface area contributed by atoms with Gasteiger partial charge in [-0.2, -0.15) is 4.31 Å². The molecule has 1 amide bonds. The van der Waals surface area contributed by atoms with E-state index >= 15 is 0 Å². The first kappa shape index (κ1) is 16.9. The van der Waals surface area contributed by atoms with Gasteiger partial charge in [-0.1, -0.05) is 0 Å². The number of nitrogens with one attached hydrogen (secondary N) is 1. The second-order valence-corrected chi connectivity index (χ2v) is 6.87. The van der Waals surface area contributed by atoms with Crippen molar-refractivity contribution in [3.8, 4) is 0 Å². The molecule has 112 valence electrons. The number of carbonyl (C=O) groups excluding carboxylic acids is 1. The molecule has 1 rings (SSSR count). The van der Waals surface area contributed by atoms with Crippen molar-refractivity contribution < 1.29 is 13.2 Å². The minimum absolute atomic E-state index is 0.172. The highest BCUT2D eigenvalue weighted by atomic mass is 35.5. The van der Waals surface area contributed by atoms with Crippen molar-refractivity contribution in [3.05, 3.63) is 24.3 Å². The van der Waals surface area contributed by atoms with Gasteiger partial charge in [-0.3, -0.25) is 4.79 Å². The second kappa shape index (κ2) is 7.06. The zero-order valence-electron chi connectivity index (χ0n) is 11.8. The summed E-state index contributed by atoms with van der Waals surface area (Å²) >= 11 is 5.66. The minimum Gasteiger partial charge on any atom is -0.326 e. The summed E-state index contributed by atoms with van der Waals surface area (Å²) in [5.41, 5.74) is 0.560. The zero-order valence-corrected chi connectivity index (χ0v) is 13.3. The molecule has 0 aliphatic heterocycles. The molecular formula is C13H19ClN2O3S. The monoisotopic (exact) mass is 318 g/mol. The SMILES string of the molecule is CC(=O)Nc1ccc(S(=O)(=O)N(CCCl)C(C)C)cc1. The first-order valence-corrected chi connectivity index (χ1v) is 8.22. The van der Waals surface area contributed by atoms with Crippen LogP contribution < -0.4 is 5.32 Å². The van der Waals surface area contributed by atoms with Crippen molar-refractivity contribution in [1.82, 2.24) is 4.31 Å². The lowest BCUT2D eigenvalue weighted by atomic mass is 10.3. The average Bonchev–Trinajstić information content (AvgIpc) is 2.35. The van der Waals surface area contributed by atoms with Crippen LogP contribution in [0.2, 0.25) is 0 Å². The number of halogens is 1. The topological polar surface area (TPSA) is 66.5 Å². The third kappa shape index (κ3) is 4.19. The Hall–Kier alpha value is -1.11. The predicted octanol–water partition coefficient (Wildman–Crippen LogP) is 2.28. The van der Waals surface area contributed by atoms with E-state index in [0.29, 0.717) is 5.69 Å². The fourth-order valence-corrected chi connectivity index (χ4v) is 3.71. The van der Waals surface area contributed by atoms with Gasteiger partial charge in [0.25, 0.3) is 0 Å². The van der Waals surface area contributed by atoms with Crippen LogP contribution in [0.25, 0.3) is 0 Å². The van der Waals surface area contributed by atoms with E-state index in [1.807, 2.05) is 0 Å². The molecule has 1 aromatic carbocycles. The number of carbonyl (C=O) groups is 1. The van der Waals surface area contributed by atoms with Gasteiger partial charge in [0.1, 0.15) is 0 Å². The number of alkyl halides is 1. The first-order valence-electron chi connectivity index (χ1n) is 6.24. The Morgan fingerprint density at radius 2 is 1.85 bits per heavy atom. The van der Waals surface area contributed by atoms with Crippen molar-refractivity contribution in [2.75, 3.05) is 17.7 Å². The molecule has 0 heterocycles. The third-order valence-electron chi connectivity index (χ3n) is 2.66. The predicted molar refractivity (Wildman–Crippen MR) is 80.5 cm³/mol. The van der Waals surface area contributed by atoms with E-state index in [0.717, 1.165) is 0 Å². The third-order valence-corrected chi connectivity index (χ3v) is 4.92. The van der Waals surface area contributed by atoms with Crippen molar-refractivity contribution >= 4 is 33.2 Å². The normalized spacial score (nSPS) is 11.9. The Morgan fingerprint density at radius 3 is 2.25 bits per heavy atom. The van der Waals surface area contributed by atoms with Crippen LogP contribution in [0.5, 0.6) is 0 Å². The Morgan fingerprint density at radius 1 is 1.30 bits per heavy atom. The number of benzene rings is 1. The standard InChI is InChI=1S/C13H19ClN2O3S/c1-10(2)16(9-8-14)20(18,19)13-6-4-12(5-7-13)15-11(3)17/h4-7,10H,8-9H2,1-3H3,(H,15,17). The lowest BCUT2D eigenvalue weighted by Gasteiger charge is -2.25. The molecule has 5 nitrogen and oxygen atoms in total. The summed E-state index contributed by atoms with van der Waals surface area (Å²) in [6.45, 7) is 5.26. The quantitative estimate of drug-likeness (QED) is 0.818. The Balaban J connectivity index is 3.05. The molecule has 1 aromatic rings. The molecule has 0 saturated heterocycles. The first-order chi connectivity index (χ1) is 9.28. The Bertz CT molecular complexity index is 555. The van der Waals surface area contributed by atoms with Crippen LogP contribution in [0.1, 0.15) is 20.8 Å². The minimum atomic E-state index is -3.57. The molecule has 0 aliphatic carbocycles. The molecular weight excluding hydrogens is 300 g/mol. The number of hydrogen-bond donors (Lipinski definition) is 1. The van der Waals surface area contributed by atoms with Crippen LogP contribution >= 0.6 is 11.6 Å². The molecule has 0 unspecified atom stereocenters. The van der Waals surface area contributed by atoms with Gasteiger partial charge in [-0.15, -0.1) is 11.6 Å². The molecule has 7 heteroatoms. The van der Waals surface area contributed by atoms with Crippen LogP contribution in [0.4, 0.5) is 5.69 Å². The molecule has 0 atom stereocenters. The van der Waals surface area contributed by atoms with Crippen LogP contribution in [0.15, 0.2) is 29.2 Å². The number of rotatable bonds is 6. The number of anilines is 1. The zero-order chi connectivity index (χ0) is 15.3. The van der Waals surface area contributed by atoms with Gasteiger partial charge in [0, 0.05) is 31.1 Å². The van der Waals surface area contributed by atoms with Crippen molar-refractivity contribution in [2.24, 2.45) is 0 Å². The van der Waals surface area contributed by atoms with E-state index in [4.69, 9.17) is 11.6 Å². The average molecular weight is 319 g/mol. The van der Waals surface area contributed by atoms with E-state index in [1.165, 1.54) is 23.4 Å². The van der Waals surface area contributed by atoms with E-state index in [9.17, 15) is 13.2 Å². The van der Waals surface area contributed by atoms with Crippen molar-refractivity contribution in [1.29, 1.82) is 0 Å². The molecule has 0 saturated carbocycles. The highest BCUT2D eigenvalue weighted by Gasteiger charge is 2.26. The van der Waals surface area contributed by atoms with E-state index in [1.54, 1.807) is 26.0 Å². The summed E-state index contributed by atoms with van der Waals surface area (Å²) in [6.07, 6.45) is 0. The van der Waals surface area contributed by atoms with Gasteiger partial charge in [0.15, 0.2) is 0 Å². The summed E-state index contributed by atoms with van der Waals surface area (Å²) in [5, 5.41) is 2.59. The lowest BCUT2D eigenvalue weighted by molar-refractivity contribution is -0.114. The summed E-state index contributed by atoms with van der Waals surface area (Å²) in [5.74, 6) is 0.0352. The molecule has 0 aliphatic rings. The van der Waals surface area contributed by atoms with E-state index in [-0.39, 0.29) is 29.3 Å². The molecule has 0 spiro atoms. The van der Waals surface area contributed by atoms with Crippen molar-refractivity contribution in [3.63, 3.8) is 0 Å². The molecule has 0 fully saturated rings. The number of sulfonamides is 1. The molecule has 1 N–H and O–H groups in total. The number of nitrogens with zero attached hydrogens (tertiary/aromatic N) is 1. The highest BCUT2D eigenvalue weighted by Crippen LogP contribution is 2.20. The summed E-state index contributed by atoms with van der Waals surface area (Å²) < 4.78 is 26.3. The van der Waals surface area contributed by atoms with Crippen LogP contribution in [0.3, 0.4) is 0 Å². The van der Waals surface area contributed by atoms with Gasteiger partial charge in [0.2, 0.25) is 15.9 Å². The van der Waals surface area contributed by atoms with E-state index in [2.05, 4.69) is 5.32 Å². The van der Waals surface area contributed by atoms with Gasteiger partial charge >= 0.3 is 0 Å². The lowest BCUT2D eigenvalue weighted by Crippen LogP contribution is -2.38. The Kier molecular flexibility index (Phi) is 5.98. The molecule has 20 heavy (non-hydrogen) atoms. The highest BCUT2D eigenvalue weighted by molar-refractivity contribution is 7.89. The second-order valence-electron chi connectivity index (χ2n) is 4.60. The number of hydrogen-bond acceptors (Lipinski definition) is 3. The molecule has 0 radical (unpaired) electrons. The smallest absolute Gasteiger partial charge is 0.243 e. The van der Waals surface area contributed by atoms with Crippen LogP contribution in [-0.2, 0) is 14.8 Å². The van der Waals surface area contributed by atoms with E-state index < -0.39 is 10.0 Å². The fraction of sp³-hybridized carbons (Fsp3) is 0.462. The fourth-order valence-electron chi connectivity index (χ4n) is 1.79. The summed E-state index contributed by atoms with van der Waals surface area (Å²) in [6, 6.07) is 5.91. The van der Waals surface area contributed by atoms with Crippen molar-refractivity contribution in [2.45, 2.75) is 31.7 Å². The summed E-state index contributed by atoms with van der Waals surface area (Å²) in [7, 11) is -3.57. The maximum Gasteiger partial charge on any atom is 0.243 e. The maximum absolute atomic E-state index is 12.5. The largest absolute Gasteiger partial charge is 0.326 e. The van der Waals surface area contributed by atoms with Gasteiger partial charge < -0.3 is 5.32 Å². The van der Waals surface area contributed by atoms with Crippen LogP contribution in [-0.4, -0.2) is 37.1 Å². The van der Waals surface area contributed by atoms with Crippen LogP contribution in [0, 0.1) is 0 Å². The van der Waals surface area contributed by atoms with Gasteiger partial charge in [0.05, 0.1) is 4.90 Å². The van der Waals surface area contributed by atoms with Gasteiger partial charge in [-0.05, 0) is 38.1 Å². The van der Waals surface area contributed by atoms with Gasteiger partial charge in [-0.25, -0.2) is 8.42 Å². The number of amides is 1. The Labute approximate surface area is 125 Å².